The molecule has 2 heterocycles. The fraction of sp³-hybridized carbons (Fsp3) is 0.294. The van der Waals surface area contributed by atoms with Crippen LogP contribution in [-0.4, -0.2) is 17.7 Å². The number of fused-ring (bicyclic) bond motifs is 1. The van der Waals surface area contributed by atoms with Crippen molar-refractivity contribution in [2.24, 2.45) is 0 Å². The fourth-order valence-electron chi connectivity index (χ4n) is 2.45. The first kappa shape index (κ1) is 13.8. The van der Waals surface area contributed by atoms with Crippen LogP contribution < -0.4 is 10.1 Å². The topological polar surface area (TPSA) is 39.3 Å². The van der Waals surface area contributed by atoms with E-state index in [0.29, 0.717) is 6.61 Å². The summed E-state index contributed by atoms with van der Waals surface area (Å²) < 4.78 is 13.1. The minimum Gasteiger partial charge on any atom is -0.494 e. The molecule has 3 aromatic rings. The van der Waals surface area contributed by atoms with Gasteiger partial charge in [-0.1, -0.05) is 0 Å². The lowest BCUT2D eigenvalue weighted by molar-refractivity contribution is 0.340. The van der Waals surface area contributed by atoms with Crippen LogP contribution in [0.3, 0.4) is 0 Å². The van der Waals surface area contributed by atoms with Crippen LogP contribution in [0.5, 0.6) is 5.75 Å². The lowest BCUT2D eigenvalue weighted by Crippen LogP contribution is -2.18. The van der Waals surface area contributed by atoms with E-state index in [2.05, 4.69) is 34.3 Å². The zero-order valence-corrected chi connectivity index (χ0v) is 12.2. The molecular weight excluding hydrogens is 264 g/mol. The van der Waals surface area contributed by atoms with Crippen molar-refractivity contribution in [2.45, 2.75) is 20.0 Å². The van der Waals surface area contributed by atoms with Crippen LogP contribution in [0.2, 0.25) is 0 Å². The van der Waals surface area contributed by atoms with E-state index in [4.69, 9.17) is 9.15 Å². The van der Waals surface area contributed by atoms with Gasteiger partial charge in [0.2, 0.25) is 0 Å². The Kier molecular flexibility index (Phi) is 4.26. The SMILES string of the molecule is CCOc1ccc2c(ccn2CCNCc2ccco2)c1. The second kappa shape index (κ2) is 6.50. The van der Waals surface area contributed by atoms with Crippen molar-refractivity contribution in [1.82, 2.24) is 9.88 Å². The van der Waals surface area contributed by atoms with Gasteiger partial charge in [0.15, 0.2) is 0 Å². The highest BCUT2D eigenvalue weighted by Gasteiger charge is 2.03. The molecule has 0 unspecified atom stereocenters. The molecule has 0 spiro atoms. The van der Waals surface area contributed by atoms with Crippen molar-refractivity contribution >= 4 is 10.9 Å². The highest BCUT2D eigenvalue weighted by molar-refractivity contribution is 5.81. The zero-order valence-electron chi connectivity index (χ0n) is 12.2. The van der Waals surface area contributed by atoms with Gasteiger partial charge in [-0.3, -0.25) is 0 Å². The van der Waals surface area contributed by atoms with Gasteiger partial charge < -0.3 is 19.0 Å². The molecule has 0 aliphatic heterocycles. The highest BCUT2D eigenvalue weighted by Crippen LogP contribution is 2.21. The lowest BCUT2D eigenvalue weighted by atomic mass is 10.2. The number of rotatable bonds is 7. The van der Waals surface area contributed by atoms with E-state index in [9.17, 15) is 0 Å². The molecule has 110 valence electrons. The second-order valence-corrected chi connectivity index (χ2v) is 4.92. The van der Waals surface area contributed by atoms with Gasteiger partial charge in [-0.05, 0) is 43.3 Å². The minimum atomic E-state index is 0.697. The van der Waals surface area contributed by atoms with Gasteiger partial charge >= 0.3 is 0 Å². The van der Waals surface area contributed by atoms with Crippen LogP contribution in [0, 0.1) is 0 Å². The molecule has 0 aliphatic rings. The van der Waals surface area contributed by atoms with Crippen LogP contribution in [0.4, 0.5) is 0 Å². The third-order valence-corrected chi connectivity index (χ3v) is 3.46. The normalized spacial score (nSPS) is 11.1. The first-order valence-electron chi connectivity index (χ1n) is 7.31. The molecular formula is C17H20N2O2. The Morgan fingerprint density at radius 2 is 2.19 bits per heavy atom. The largest absolute Gasteiger partial charge is 0.494 e. The van der Waals surface area contributed by atoms with Crippen molar-refractivity contribution in [3.63, 3.8) is 0 Å². The van der Waals surface area contributed by atoms with E-state index in [1.807, 2.05) is 25.1 Å². The number of ether oxygens (including phenoxy) is 1. The van der Waals surface area contributed by atoms with E-state index < -0.39 is 0 Å². The van der Waals surface area contributed by atoms with Gasteiger partial charge in [-0.2, -0.15) is 0 Å². The van der Waals surface area contributed by atoms with Gasteiger partial charge in [-0.25, -0.2) is 0 Å². The molecule has 4 nitrogen and oxygen atoms in total. The predicted molar refractivity (Wildman–Crippen MR) is 83.5 cm³/mol. The Bertz CT molecular complexity index is 686. The summed E-state index contributed by atoms with van der Waals surface area (Å²) in [6, 6.07) is 12.3. The average Bonchev–Trinajstić information content (AvgIpc) is 3.13. The molecule has 0 aliphatic carbocycles. The van der Waals surface area contributed by atoms with E-state index in [1.165, 1.54) is 10.9 Å². The number of benzene rings is 1. The maximum atomic E-state index is 5.53. The zero-order chi connectivity index (χ0) is 14.5. The van der Waals surface area contributed by atoms with E-state index >= 15 is 0 Å². The quantitative estimate of drug-likeness (QED) is 0.676. The molecule has 1 N–H and O–H groups in total. The van der Waals surface area contributed by atoms with Crippen molar-refractivity contribution in [3.8, 4) is 5.75 Å². The van der Waals surface area contributed by atoms with Crippen LogP contribution in [-0.2, 0) is 13.1 Å². The number of furan rings is 1. The second-order valence-electron chi connectivity index (χ2n) is 4.92. The summed E-state index contributed by atoms with van der Waals surface area (Å²) >= 11 is 0. The molecule has 1 aromatic carbocycles. The number of nitrogens with one attached hydrogen (secondary N) is 1. The van der Waals surface area contributed by atoms with Crippen LogP contribution >= 0.6 is 0 Å². The Morgan fingerprint density at radius 3 is 3.00 bits per heavy atom. The molecule has 0 radical (unpaired) electrons. The first-order valence-corrected chi connectivity index (χ1v) is 7.31. The third-order valence-electron chi connectivity index (χ3n) is 3.46. The molecule has 0 bridgehead atoms. The molecule has 0 saturated heterocycles. The van der Waals surface area contributed by atoms with Gasteiger partial charge in [-0.15, -0.1) is 0 Å². The highest BCUT2D eigenvalue weighted by atomic mass is 16.5. The van der Waals surface area contributed by atoms with E-state index in [0.717, 1.165) is 31.1 Å². The molecule has 21 heavy (non-hydrogen) atoms. The molecule has 4 heteroatoms. The molecule has 0 atom stereocenters. The van der Waals surface area contributed by atoms with Crippen LogP contribution in [0.25, 0.3) is 10.9 Å². The van der Waals surface area contributed by atoms with Gasteiger partial charge in [0, 0.05) is 30.2 Å². The summed E-state index contributed by atoms with van der Waals surface area (Å²) in [5.74, 6) is 1.90. The Morgan fingerprint density at radius 1 is 1.24 bits per heavy atom. The predicted octanol–water partition coefficient (Wildman–Crippen LogP) is 3.42. The average molecular weight is 284 g/mol. The van der Waals surface area contributed by atoms with Crippen molar-refractivity contribution in [2.75, 3.05) is 13.2 Å². The lowest BCUT2D eigenvalue weighted by Gasteiger charge is -2.07. The van der Waals surface area contributed by atoms with E-state index in [1.54, 1.807) is 6.26 Å². The first-order chi connectivity index (χ1) is 10.4. The molecule has 0 saturated carbocycles. The summed E-state index contributed by atoms with van der Waals surface area (Å²) in [7, 11) is 0. The molecule has 0 fully saturated rings. The molecule has 3 rings (SSSR count). The summed E-state index contributed by atoms with van der Waals surface area (Å²) in [5, 5.41) is 4.60. The maximum absolute atomic E-state index is 5.53. The Labute approximate surface area is 124 Å². The maximum Gasteiger partial charge on any atom is 0.120 e. The van der Waals surface area contributed by atoms with Crippen LogP contribution in [0.1, 0.15) is 12.7 Å². The monoisotopic (exact) mass is 284 g/mol. The minimum absolute atomic E-state index is 0.697. The van der Waals surface area contributed by atoms with Gasteiger partial charge in [0.1, 0.15) is 11.5 Å². The smallest absolute Gasteiger partial charge is 0.120 e. The third kappa shape index (κ3) is 3.28. The Balaban J connectivity index is 1.59. The molecule has 0 amide bonds. The van der Waals surface area contributed by atoms with Gasteiger partial charge in [0.25, 0.3) is 0 Å². The molecule has 2 aromatic heterocycles. The number of nitrogens with zero attached hydrogens (tertiary/aromatic N) is 1. The van der Waals surface area contributed by atoms with Crippen molar-refractivity contribution in [3.05, 3.63) is 54.6 Å². The van der Waals surface area contributed by atoms with Crippen molar-refractivity contribution in [1.29, 1.82) is 0 Å². The Hall–Kier alpha value is -2.20. The standard InChI is InChI=1S/C17H20N2O2/c1-2-20-15-5-6-17-14(12-15)7-9-19(17)10-8-18-13-16-4-3-11-21-16/h3-7,9,11-12,18H,2,8,10,13H2,1H3. The summed E-state index contributed by atoms with van der Waals surface area (Å²) in [5.41, 5.74) is 1.23. The number of hydrogen-bond donors (Lipinski definition) is 1. The van der Waals surface area contributed by atoms with E-state index in [-0.39, 0.29) is 0 Å². The summed E-state index contributed by atoms with van der Waals surface area (Å²) in [4.78, 5) is 0. The fourth-order valence-corrected chi connectivity index (χ4v) is 2.45. The summed E-state index contributed by atoms with van der Waals surface area (Å²) in [6.07, 6.45) is 3.82. The number of hydrogen-bond acceptors (Lipinski definition) is 3. The number of aromatic nitrogens is 1. The summed E-state index contributed by atoms with van der Waals surface area (Å²) in [6.45, 7) is 5.29. The van der Waals surface area contributed by atoms with Crippen LogP contribution in [0.15, 0.2) is 53.3 Å². The van der Waals surface area contributed by atoms with Gasteiger partial charge in [0.05, 0.1) is 19.4 Å². The van der Waals surface area contributed by atoms with Crippen molar-refractivity contribution < 1.29 is 9.15 Å².